The van der Waals surface area contributed by atoms with E-state index in [0.29, 0.717) is 140 Å². The Balaban J connectivity index is 0.000000853. The second-order valence-corrected chi connectivity index (χ2v) is 37.1. The summed E-state index contributed by atoms with van der Waals surface area (Å²) in [7, 11) is 9.55. The smallest absolute Gasteiger partial charge is 0.337 e. The number of methoxy groups -OCH3 is 6. The van der Waals surface area contributed by atoms with Crippen molar-refractivity contribution in [2.75, 3.05) is 148 Å². The van der Waals surface area contributed by atoms with Gasteiger partial charge in [0.15, 0.2) is 0 Å². The Morgan fingerprint density at radius 2 is 0.461 bits per heavy atom. The van der Waals surface area contributed by atoms with Crippen LogP contribution in [0, 0.1) is 66.2 Å². The van der Waals surface area contributed by atoms with Crippen molar-refractivity contribution in [3.8, 4) is 23.0 Å². The monoisotopic (exact) mass is 1820 g/mol. The summed E-state index contributed by atoms with van der Waals surface area (Å²) in [5.41, 5.74) is 10.0. The highest BCUT2D eigenvalue weighted by Crippen LogP contribution is 2.42. The maximum atomic E-state index is 12.7. The molecule has 0 radical (unpaired) electrons. The maximum Gasteiger partial charge on any atom is 0.337 e. The van der Waals surface area contributed by atoms with Crippen molar-refractivity contribution < 1.29 is 135 Å². The van der Waals surface area contributed by atoms with Gasteiger partial charge in [-0.15, -0.1) is 0 Å². The lowest BCUT2D eigenvalue weighted by Crippen LogP contribution is -2.30. The first-order valence-electron chi connectivity index (χ1n) is 45.1. The van der Waals surface area contributed by atoms with Gasteiger partial charge in [0.1, 0.15) is 60.6 Å². The molecule has 736 valence electrons. The van der Waals surface area contributed by atoms with Crippen molar-refractivity contribution in [3.05, 3.63) is 115 Å². The molecule has 0 aliphatic rings. The number of aliphatic hydroxyl groups is 6. The van der Waals surface area contributed by atoms with E-state index in [9.17, 15) is 49.8 Å². The minimum absolute atomic E-state index is 0.0914. The van der Waals surface area contributed by atoms with Gasteiger partial charge in [-0.05, 0) is 306 Å². The summed E-state index contributed by atoms with van der Waals surface area (Å²) in [6.07, 6.45) is 9.24. The number of aliphatic hydroxyl groups excluding tert-OH is 6. The molecule has 0 spiro atoms. The Kier molecular flexibility index (Phi) is 60.7. The van der Waals surface area contributed by atoms with Crippen LogP contribution < -0.4 is 18.9 Å². The fraction of sp³-hybridized carbons (Fsp3) is 0.720. The number of ether oxygens (including phenoxy) is 18. The van der Waals surface area contributed by atoms with E-state index in [0.717, 1.165) is 105 Å². The molecular formula is C100H168O28. The molecule has 4 aromatic carbocycles. The molecule has 4 aromatic rings. The number of hydrogen-bond acceptors (Lipinski definition) is 28. The van der Waals surface area contributed by atoms with Crippen LogP contribution in [0.1, 0.15) is 253 Å². The molecule has 0 fully saturated rings. The molecule has 128 heavy (non-hydrogen) atoms. The first kappa shape index (κ1) is 120. The van der Waals surface area contributed by atoms with Crippen molar-refractivity contribution in [2.45, 2.75) is 314 Å². The number of carbonyl (C=O) groups is 4. The van der Waals surface area contributed by atoms with Crippen molar-refractivity contribution in [1.82, 2.24) is 0 Å². The van der Waals surface area contributed by atoms with Gasteiger partial charge in [0, 0.05) is 95.1 Å². The zero-order valence-electron chi connectivity index (χ0n) is 83.0. The van der Waals surface area contributed by atoms with E-state index in [1.807, 2.05) is 187 Å². The molecule has 0 bridgehead atoms. The molecule has 0 aliphatic carbocycles. The van der Waals surface area contributed by atoms with Crippen LogP contribution in [0.3, 0.4) is 0 Å². The number of aryl methyl sites for hydroxylation is 8. The molecule has 0 amide bonds. The summed E-state index contributed by atoms with van der Waals surface area (Å²) in [5.74, 6) is 0.798. The van der Waals surface area contributed by atoms with Gasteiger partial charge in [-0.25, -0.2) is 9.59 Å². The second-order valence-electron chi connectivity index (χ2n) is 37.1. The summed E-state index contributed by atoms with van der Waals surface area (Å²) in [5, 5.41) is 55.9. The summed E-state index contributed by atoms with van der Waals surface area (Å²) < 4.78 is 99.4. The normalized spacial score (nSPS) is 13.0. The maximum absolute atomic E-state index is 12.7. The molecule has 0 saturated carbocycles. The van der Waals surface area contributed by atoms with Gasteiger partial charge in [0.25, 0.3) is 0 Å². The lowest BCUT2D eigenvalue weighted by Gasteiger charge is -2.34. The highest BCUT2D eigenvalue weighted by Gasteiger charge is 2.33. The predicted molar refractivity (Wildman–Crippen MR) is 496 cm³/mol. The van der Waals surface area contributed by atoms with Crippen LogP contribution in [-0.2, 0) is 112 Å². The van der Waals surface area contributed by atoms with E-state index in [4.69, 9.17) is 85.3 Å². The molecule has 0 aromatic heterocycles. The van der Waals surface area contributed by atoms with Crippen LogP contribution >= 0.6 is 0 Å². The molecule has 0 aliphatic heterocycles. The zero-order valence-corrected chi connectivity index (χ0v) is 83.0. The number of carbonyl (C=O) groups excluding carboxylic acids is 4. The molecule has 0 saturated heterocycles. The van der Waals surface area contributed by atoms with Gasteiger partial charge in [0.05, 0.1) is 102 Å². The number of rotatable bonds is 60. The molecule has 28 heteroatoms. The lowest BCUT2D eigenvalue weighted by molar-refractivity contribution is -0.142. The van der Waals surface area contributed by atoms with Gasteiger partial charge in [-0.3, -0.25) is 9.59 Å². The topological polar surface area (TPSA) is 356 Å². The molecule has 4 unspecified atom stereocenters. The van der Waals surface area contributed by atoms with Gasteiger partial charge in [-0.2, -0.15) is 0 Å². The van der Waals surface area contributed by atoms with E-state index >= 15 is 0 Å². The van der Waals surface area contributed by atoms with Gasteiger partial charge >= 0.3 is 23.9 Å². The predicted octanol–water partition coefficient (Wildman–Crippen LogP) is 15.7. The van der Waals surface area contributed by atoms with E-state index in [2.05, 4.69) is 0 Å². The second kappa shape index (κ2) is 64.7. The highest BCUT2D eigenvalue weighted by atomic mass is 16.6. The minimum Gasteiger partial charge on any atom is -0.426 e. The Hall–Kier alpha value is -6.04. The van der Waals surface area contributed by atoms with Crippen LogP contribution in [-0.4, -0.2) is 250 Å². The number of esters is 4. The quantitative estimate of drug-likeness (QED) is 0.0177. The standard InChI is InChI=1S/2C26H44O6.2C24H40O8/c2*1-20-17-22(19-31-25(3,4)5)18-21(2)24(20)32-23(30)9-13-26(10-6-14-27,11-7-15-28)12-8-16-29;2*1-17-9-19(11-31-24(3,4)5)10-18(2)23(17)32-22(25)16-30-15-21(28-8)14-29-13-20(27-7)12-26-6/h2*17-18,27-29H,6-16,19H2,1-5H3;2*9-10,20-21H,11-16H2,1-8H3. The first-order valence-corrected chi connectivity index (χ1v) is 45.1. The summed E-state index contributed by atoms with van der Waals surface area (Å²) in [6.45, 7) is 44.4. The Morgan fingerprint density at radius 3 is 0.641 bits per heavy atom. The molecule has 0 heterocycles. The number of hydrogen-bond donors (Lipinski definition) is 6. The van der Waals surface area contributed by atoms with Crippen LogP contribution in [0.2, 0.25) is 0 Å². The Labute approximate surface area is 767 Å². The molecule has 6 N–H and O–H groups in total. The van der Waals surface area contributed by atoms with Crippen LogP contribution in [0.5, 0.6) is 23.0 Å². The average molecular weight is 1820 g/mol. The van der Waals surface area contributed by atoms with Crippen molar-refractivity contribution in [2.24, 2.45) is 10.8 Å². The minimum atomic E-state index is -0.467. The lowest BCUT2D eigenvalue weighted by atomic mass is 9.72. The summed E-state index contributed by atoms with van der Waals surface area (Å²) in [4.78, 5) is 50.0. The van der Waals surface area contributed by atoms with Crippen LogP contribution in [0.25, 0.3) is 0 Å². The van der Waals surface area contributed by atoms with E-state index in [1.165, 1.54) is 0 Å². The average Bonchev–Trinajstić information content (AvgIpc) is 0.841. The van der Waals surface area contributed by atoms with E-state index < -0.39 is 11.9 Å². The van der Waals surface area contributed by atoms with Crippen molar-refractivity contribution in [1.29, 1.82) is 0 Å². The molecule has 4 rings (SSSR count). The molecule has 28 nitrogen and oxygen atoms in total. The highest BCUT2D eigenvalue weighted by molar-refractivity contribution is 5.76. The molecular weight excluding hydrogens is 1650 g/mol. The van der Waals surface area contributed by atoms with Gasteiger partial charge in [0.2, 0.25) is 0 Å². The Morgan fingerprint density at radius 1 is 0.273 bits per heavy atom. The fourth-order valence-corrected chi connectivity index (χ4v) is 14.2. The van der Waals surface area contributed by atoms with E-state index in [-0.39, 0.29) is 148 Å². The van der Waals surface area contributed by atoms with Gasteiger partial charge in [-0.1, -0.05) is 48.5 Å². The van der Waals surface area contributed by atoms with Crippen LogP contribution in [0.15, 0.2) is 48.5 Å². The van der Waals surface area contributed by atoms with Crippen LogP contribution in [0.4, 0.5) is 0 Å². The SMILES string of the molecule is COCC(COCC(COCC(=O)Oc1c(C)cc(COC(C)(C)C)cc1C)OC)OC.COCC(COCC(COCC(=O)Oc1c(C)cc(COC(C)(C)C)cc1C)OC)OC.Cc1cc(COC(C)(C)C)cc(C)c1OC(=O)CCC(CCCO)(CCCO)CCCO.Cc1cc(COC(C)(C)C)cc(C)c1OC(=O)CCC(CCCO)(CCCO)CCCO. The largest absolute Gasteiger partial charge is 0.426 e. The van der Waals surface area contributed by atoms with Crippen molar-refractivity contribution >= 4 is 23.9 Å². The third-order valence-electron chi connectivity index (χ3n) is 20.8. The fourth-order valence-electron chi connectivity index (χ4n) is 14.2. The third-order valence-corrected chi connectivity index (χ3v) is 20.8. The number of benzene rings is 4. The van der Waals surface area contributed by atoms with Gasteiger partial charge < -0.3 is 116 Å². The van der Waals surface area contributed by atoms with E-state index in [1.54, 1.807) is 42.7 Å². The Bertz CT molecular complexity index is 3330. The first-order chi connectivity index (χ1) is 60.3. The summed E-state index contributed by atoms with van der Waals surface area (Å²) in [6, 6.07) is 15.9. The zero-order chi connectivity index (χ0) is 96.7. The van der Waals surface area contributed by atoms with Crippen molar-refractivity contribution in [3.63, 3.8) is 0 Å². The summed E-state index contributed by atoms with van der Waals surface area (Å²) >= 11 is 0. The molecule has 4 atom stereocenters. The third kappa shape index (κ3) is 53.6.